The van der Waals surface area contributed by atoms with Crippen LogP contribution in [0.5, 0.6) is 0 Å². The Bertz CT molecular complexity index is 2050. The molecule has 0 aliphatic heterocycles. The SMILES string of the molecule is COC(=O)c1c(NC(=O)C(C)Sc2cccc(NC(=O)/C(=C/c3c[nH]c4ccccc34)NC(=O)c3ccccc3)c2)sc2c1CCCCC2. The average Bonchev–Trinajstić information content (AvgIpc) is 3.59. The number of hydrogen-bond acceptors (Lipinski definition) is 7. The average molecular weight is 693 g/mol. The number of benzene rings is 3. The molecule has 0 saturated carbocycles. The smallest absolute Gasteiger partial charge is 0.341 e. The number of esters is 1. The Labute approximate surface area is 292 Å². The zero-order valence-corrected chi connectivity index (χ0v) is 28.8. The number of para-hydroxylation sites is 1. The van der Waals surface area contributed by atoms with Crippen molar-refractivity contribution in [2.45, 2.75) is 49.2 Å². The van der Waals surface area contributed by atoms with Crippen LogP contribution in [0.15, 0.2) is 95.7 Å². The quantitative estimate of drug-likeness (QED) is 0.0512. The van der Waals surface area contributed by atoms with Crippen molar-refractivity contribution in [3.05, 3.63) is 118 Å². The standard InChI is InChI=1S/C38H36N4O5S2/c1-23(34(43)42-37-33(38(46)47-2)29-17-7-4-8-19-32(29)49-37)48-27-15-11-14-26(21-27)40-36(45)31(41-35(44)24-12-5-3-6-13-24)20-25-22-39-30-18-10-9-16-28(25)30/h3,5-6,9-16,18,20-23,39H,4,7-8,17,19H2,1-2H3,(H,40,45)(H,41,44)(H,42,43)/b31-20-. The second kappa shape index (κ2) is 15.4. The second-order valence-electron chi connectivity index (χ2n) is 11.7. The van der Waals surface area contributed by atoms with Crippen molar-refractivity contribution in [3.8, 4) is 0 Å². The summed E-state index contributed by atoms with van der Waals surface area (Å²) in [6, 6.07) is 23.6. The van der Waals surface area contributed by atoms with Gasteiger partial charge in [-0.1, -0.05) is 48.9 Å². The summed E-state index contributed by atoms with van der Waals surface area (Å²) in [5, 5.41) is 9.60. The lowest BCUT2D eigenvalue weighted by Gasteiger charge is -2.14. The first-order chi connectivity index (χ1) is 23.8. The number of rotatable bonds is 10. The van der Waals surface area contributed by atoms with Crippen molar-refractivity contribution in [3.63, 3.8) is 0 Å². The van der Waals surface area contributed by atoms with E-state index in [1.54, 1.807) is 61.7 Å². The lowest BCUT2D eigenvalue weighted by Crippen LogP contribution is -2.30. The number of carbonyl (C=O) groups is 4. The molecule has 9 nitrogen and oxygen atoms in total. The fraction of sp³-hybridized carbons (Fsp3) is 0.211. The largest absolute Gasteiger partial charge is 0.465 e. The molecule has 2 heterocycles. The number of hydrogen-bond donors (Lipinski definition) is 4. The van der Waals surface area contributed by atoms with Gasteiger partial charge in [-0.25, -0.2) is 4.79 Å². The number of thioether (sulfide) groups is 1. The first-order valence-electron chi connectivity index (χ1n) is 16.1. The summed E-state index contributed by atoms with van der Waals surface area (Å²) in [5.41, 5.74) is 4.10. The van der Waals surface area contributed by atoms with Gasteiger partial charge < -0.3 is 25.7 Å². The number of amides is 3. The third-order valence-corrected chi connectivity index (χ3v) is 10.6. The van der Waals surface area contributed by atoms with E-state index < -0.39 is 23.0 Å². The predicted molar refractivity (Wildman–Crippen MR) is 196 cm³/mol. The summed E-state index contributed by atoms with van der Waals surface area (Å²) in [6.45, 7) is 1.79. The van der Waals surface area contributed by atoms with Gasteiger partial charge in [-0.3, -0.25) is 14.4 Å². The molecular weight excluding hydrogens is 657 g/mol. The fourth-order valence-corrected chi connectivity index (χ4v) is 7.98. The number of aromatic nitrogens is 1. The van der Waals surface area contributed by atoms with E-state index in [1.807, 2.05) is 36.4 Å². The lowest BCUT2D eigenvalue weighted by molar-refractivity contribution is -0.115. The van der Waals surface area contributed by atoms with Crippen molar-refractivity contribution >= 4 is 74.5 Å². The summed E-state index contributed by atoms with van der Waals surface area (Å²) in [5.74, 6) is -1.59. The minimum Gasteiger partial charge on any atom is -0.465 e. The molecule has 1 aliphatic carbocycles. The van der Waals surface area contributed by atoms with Crippen LogP contribution in [0.3, 0.4) is 0 Å². The van der Waals surface area contributed by atoms with Gasteiger partial charge in [0.15, 0.2) is 0 Å². The molecule has 0 radical (unpaired) electrons. The van der Waals surface area contributed by atoms with Gasteiger partial charge in [0.1, 0.15) is 10.7 Å². The van der Waals surface area contributed by atoms with Crippen LogP contribution in [0.4, 0.5) is 10.7 Å². The summed E-state index contributed by atoms with van der Waals surface area (Å²) in [4.78, 5) is 58.0. The van der Waals surface area contributed by atoms with E-state index in [-0.39, 0.29) is 11.6 Å². The molecule has 3 aromatic carbocycles. The Morgan fingerprint density at radius 1 is 0.918 bits per heavy atom. The summed E-state index contributed by atoms with van der Waals surface area (Å²) >= 11 is 2.79. The van der Waals surface area contributed by atoms with Gasteiger partial charge in [-0.2, -0.15) is 0 Å². The predicted octanol–water partition coefficient (Wildman–Crippen LogP) is 7.81. The van der Waals surface area contributed by atoms with Gasteiger partial charge in [-0.05, 0) is 80.6 Å². The van der Waals surface area contributed by atoms with Gasteiger partial charge in [0.2, 0.25) is 5.91 Å². The first-order valence-corrected chi connectivity index (χ1v) is 17.8. The molecule has 0 spiro atoms. The Balaban J connectivity index is 1.18. The lowest BCUT2D eigenvalue weighted by atomic mass is 10.1. The van der Waals surface area contributed by atoms with Gasteiger partial charge in [0.25, 0.3) is 11.8 Å². The molecule has 4 N–H and O–H groups in total. The molecule has 1 unspecified atom stereocenters. The Morgan fingerprint density at radius 3 is 2.51 bits per heavy atom. The number of anilines is 2. The van der Waals surface area contributed by atoms with E-state index in [9.17, 15) is 19.2 Å². The van der Waals surface area contributed by atoms with E-state index in [1.165, 1.54) is 30.2 Å². The third kappa shape index (κ3) is 7.96. The zero-order chi connectivity index (χ0) is 34.3. The molecule has 2 aromatic heterocycles. The summed E-state index contributed by atoms with van der Waals surface area (Å²) < 4.78 is 5.08. The molecule has 0 fully saturated rings. The monoisotopic (exact) mass is 692 g/mol. The Hall–Kier alpha value is -5.13. The molecule has 5 aromatic rings. The van der Waals surface area contributed by atoms with Crippen molar-refractivity contribution in [2.24, 2.45) is 0 Å². The molecular formula is C38H36N4O5S2. The highest BCUT2D eigenvalue weighted by molar-refractivity contribution is 8.00. The number of carbonyl (C=O) groups excluding carboxylic acids is 4. The fourth-order valence-electron chi connectivity index (χ4n) is 5.78. The molecule has 1 aliphatic rings. The number of thiophene rings is 1. The van der Waals surface area contributed by atoms with Gasteiger partial charge >= 0.3 is 5.97 Å². The third-order valence-electron chi connectivity index (χ3n) is 8.27. The van der Waals surface area contributed by atoms with Crippen LogP contribution in [0, 0.1) is 0 Å². The molecule has 0 bridgehead atoms. The number of methoxy groups -OCH3 is 1. The normalized spacial score (nSPS) is 13.6. The maximum atomic E-state index is 13.7. The van der Waals surface area contributed by atoms with Gasteiger partial charge in [0.05, 0.1) is 17.9 Å². The van der Waals surface area contributed by atoms with E-state index in [0.29, 0.717) is 21.8 Å². The highest BCUT2D eigenvalue weighted by Crippen LogP contribution is 2.38. The van der Waals surface area contributed by atoms with Crippen LogP contribution < -0.4 is 16.0 Å². The van der Waals surface area contributed by atoms with E-state index in [4.69, 9.17) is 4.74 Å². The van der Waals surface area contributed by atoms with Crippen molar-refractivity contribution < 1.29 is 23.9 Å². The van der Waals surface area contributed by atoms with E-state index >= 15 is 0 Å². The Kier molecular flexibility index (Phi) is 10.6. The number of aryl methyl sites for hydroxylation is 1. The number of H-pyrrole nitrogens is 1. The van der Waals surface area contributed by atoms with Crippen LogP contribution in [-0.4, -0.2) is 41.0 Å². The van der Waals surface area contributed by atoms with Crippen LogP contribution in [0.2, 0.25) is 0 Å². The maximum absolute atomic E-state index is 13.7. The van der Waals surface area contributed by atoms with Crippen LogP contribution >= 0.6 is 23.1 Å². The number of ether oxygens (including phenoxy) is 1. The van der Waals surface area contributed by atoms with Crippen LogP contribution in [0.1, 0.15) is 62.9 Å². The highest BCUT2D eigenvalue weighted by Gasteiger charge is 2.27. The first kappa shape index (κ1) is 33.8. The minimum absolute atomic E-state index is 0.0696. The topological polar surface area (TPSA) is 129 Å². The number of aromatic amines is 1. The molecule has 11 heteroatoms. The van der Waals surface area contributed by atoms with Crippen molar-refractivity contribution in [2.75, 3.05) is 17.7 Å². The van der Waals surface area contributed by atoms with E-state index in [0.717, 1.165) is 63.9 Å². The summed E-state index contributed by atoms with van der Waals surface area (Å²) in [7, 11) is 1.36. The zero-order valence-electron chi connectivity index (χ0n) is 27.1. The number of fused-ring (bicyclic) bond motifs is 2. The molecule has 3 amide bonds. The highest BCUT2D eigenvalue weighted by atomic mass is 32.2. The van der Waals surface area contributed by atoms with Crippen molar-refractivity contribution in [1.82, 2.24) is 10.3 Å². The Morgan fingerprint density at radius 2 is 1.69 bits per heavy atom. The summed E-state index contributed by atoms with van der Waals surface area (Å²) in [6.07, 6.45) is 8.28. The molecule has 0 saturated heterocycles. The molecule has 1 atom stereocenters. The van der Waals surface area contributed by atoms with E-state index in [2.05, 4.69) is 20.9 Å². The van der Waals surface area contributed by atoms with Crippen molar-refractivity contribution in [1.29, 1.82) is 0 Å². The molecule has 6 rings (SSSR count). The number of nitrogens with one attached hydrogen (secondary N) is 4. The second-order valence-corrected chi connectivity index (χ2v) is 14.2. The molecule has 49 heavy (non-hydrogen) atoms. The maximum Gasteiger partial charge on any atom is 0.341 e. The van der Waals surface area contributed by atoms with Crippen LogP contribution in [-0.2, 0) is 27.2 Å². The molecule has 250 valence electrons. The van der Waals surface area contributed by atoms with Gasteiger partial charge in [0, 0.05) is 43.7 Å². The van der Waals surface area contributed by atoms with Crippen LogP contribution in [0.25, 0.3) is 17.0 Å². The van der Waals surface area contributed by atoms with Gasteiger partial charge in [-0.15, -0.1) is 23.1 Å². The minimum atomic E-state index is -0.513.